The number of anilines is 1. The largest absolute Gasteiger partial charge is 0.496 e. The Hall–Kier alpha value is -3.26. The molecule has 0 unspecified atom stereocenters. The Kier molecular flexibility index (Phi) is 5.03. The van der Waals surface area contributed by atoms with E-state index >= 15 is 0 Å². The molecule has 1 N–H and O–H groups in total. The smallest absolute Gasteiger partial charge is 0.149 e. The number of imidazole rings is 1. The summed E-state index contributed by atoms with van der Waals surface area (Å²) < 4.78 is 5.62. The van der Waals surface area contributed by atoms with Crippen molar-refractivity contribution in [3.05, 3.63) is 53.3 Å². The fourth-order valence-corrected chi connectivity index (χ4v) is 3.73. The maximum Gasteiger partial charge on any atom is 0.149 e. The van der Waals surface area contributed by atoms with Gasteiger partial charge in [-0.15, -0.1) is 0 Å². The van der Waals surface area contributed by atoms with E-state index < -0.39 is 0 Å². The van der Waals surface area contributed by atoms with E-state index in [0.29, 0.717) is 11.4 Å². The molecule has 2 heterocycles. The van der Waals surface area contributed by atoms with Crippen LogP contribution in [0.3, 0.4) is 0 Å². The maximum atomic E-state index is 9.72. The van der Waals surface area contributed by atoms with Crippen LogP contribution in [0.4, 0.5) is 5.69 Å². The molecule has 0 bridgehead atoms. The second-order valence-electron chi connectivity index (χ2n) is 7.25. The number of nitrogens with zero attached hydrogens (tertiary/aromatic N) is 3. The van der Waals surface area contributed by atoms with Gasteiger partial charge >= 0.3 is 0 Å². The number of rotatable bonds is 4. The van der Waals surface area contributed by atoms with Gasteiger partial charge in [-0.2, -0.15) is 5.26 Å². The molecular weight excluding hydrogens is 348 g/mol. The lowest BCUT2D eigenvalue weighted by Gasteiger charge is -2.29. The van der Waals surface area contributed by atoms with Crippen LogP contribution in [-0.4, -0.2) is 30.2 Å². The normalized spacial score (nSPS) is 14.9. The quantitative estimate of drug-likeness (QED) is 0.659. The molecule has 2 aromatic carbocycles. The van der Waals surface area contributed by atoms with E-state index in [2.05, 4.69) is 33.1 Å². The zero-order valence-corrected chi connectivity index (χ0v) is 16.3. The highest BCUT2D eigenvalue weighted by molar-refractivity contribution is 5.91. The molecule has 0 spiro atoms. The third-order valence-corrected chi connectivity index (χ3v) is 5.25. The molecule has 1 fully saturated rings. The van der Waals surface area contributed by atoms with Gasteiger partial charge < -0.3 is 14.6 Å². The summed E-state index contributed by atoms with van der Waals surface area (Å²) in [6.45, 7) is 4.20. The Bertz CT molecular complexity index is 1070. The number of ether oxygens (including phenoxy) is 1. The van der Waals surface area contributed by atoms with E-state index in [4.69, 9.17) is 4.74 Å². The number of H-pyrrole nitrogens is 1. The van der Waals surface area contributed by atoms with Crippen LogP contribution in [0.2, 0.25) is 0 Å². The van der Waals surface area contributed by atoms with Crippen molar-refractivity contribution in [2.75, 3.05) is 25.1 Å². The summed E-state index contributed by atoms with van der Waals surface area (Å²) in [4.78, 5) is 10.2. The highest BCUT2D eigenvalue weighted by Gasteiger charge is 2.14. The van der Waals surface area contributed by atoms with Crippen LogP contribution in [0.25, 0.3) is 22.7 Å². The van der Waals surface area contributed by atoms with Crippen molar-refractivity contribution in [1.29, 1.82) is 5.26 Å². The number of methoxy groups -OCH3 is 1. The predicted octanol–water partition coefficient (Wildman–Crippen LogP) is 4.93. The molecule has 4 rings (SSSR count). The Labute approximate surface area is 165 Å². The van der Waals surface area contributed by atoms with Crippen molar-refractivity contribution in [2.24, 2.45) is 0 Å². The summed E-state index contributed by atoms with van der Waals surface area (Å²) in [6, 6.07) is 14.5. The lowest BCUT2D eigenvalue weighted by molar-refractivity contribution is 0.413. The van der Waals surface area contributed by atoms with Crippen molar-refractivity contribution >= 4 is 28.4 Å². The van der Waals surface area contributed by atoms with Crippen molar-refractivity contribution < 1.29 is 4.74 Å². The summed E-state index contributed by atoms with van der Waals surface area (Å²) in [6.07, 6.45) is 5.60. The average molecular weight is 372 g/mol. The van der Waals surface area contributed by atoms with Crippen LogP contribution in [0.5, 0.6) is 5.75 Å². The molecule has 0 radical (unpaired) electrons. The van der Waals surface area contributed by atoms with Crippen LogP contribution in [-0.2, 0) is 0 Å². The van der Waals surface area contributed by atoms with E-state index in [1.54, 1.807) is 7.11 Å². The Morgan fingerprint density at radius 3 is 2.75 bits per heavy atom. The fourth-order valence-electron chi connectivity index (χ4n) is 3.73. The molecule has 0 aliphatic carbocycles. The minimum absolute atomic E-state index is 0.484. The minimum atomic E-state index is 0.484. The Morgan fingerprint density at radius 2 is 2.00 bits per heavy atom. The number of hydrogen-bond acceptors (Lipinski definition) is 4. The molecular formula is C23H24N4O. The number of fused-ring (bicyclic) bond motifs is 1. The molecule has 5 nitrogen and oxygen atoms in total. The first-order valence-corrected chi connectivity index (χ1v) is 9.69. The van der Waals surface area contributed by atoms with E-state index in [9.17, 15) is 5.26 Å². The van der Waals surface area contributed by atoms with Gasteiger partial charge in [0.15, 0.2) is 0 Å². The molecule has 5 heteroatoms. The van der Waals surface area contributed by atoms with Gasteiger partial charge in [0.05, 0.1) is 23.7 Å². The first-order chi connectivity index (χ1) is 13.7. The van der Waals surface area contributed by atoms with E-state index in [1.807, 2.05) is 37.3 Å². The second kappa shape index (κ2) is 7.77. The number of benzene rings is 2. The number of aryl methyl sites for hydroxylation is 1. The van der Waals surface area contributed by atoms with Crippen molar-refractivity contribution in [3.8, 4) is 11.8 Å². The van der Waals surface area contributed by atoms with Crippen LogP contribution in [0.1, 0.15) is 36.2 Å². The highest BCUT2D eigenvalue weighted by atomic mass is 16.5. The summed E-state index contributed by atoms with van der Waals surface area (Å²) in [5.41, 5.74) is 5.47. The van der Waals surface area contributed by atoms with Gasteiger partial charge in [0.2, 0.25) is 0 Å². The fraction of sp³-hybridized carbons (Fsp3) is 0.304. The molecule has 1 saturated heterocycles. The summed E-state index contributed by atoms with van der Waals surface area (Å²) in [7, 11) is 1.67. The molecule has 0 saturated carbocycles. The van der Waals surface area contributed by atoms with E-state index in [1.165, 1.54) is 24.9 Å². The molecule has 0 amide bonds. The number of hydrogen-bond donors (Lipinski definition) is 1. The van der Waals surface area contributed by atoms with Crippen molar-refractivity contribution in [3.63, 3.8) is 0 Å². The number of allylic oxidation sites excluding steroid dienone is 1. The first-order valence-electron chi connectivity index (χ1n) is 9.69. The topological polar surface area (TPSA) is 64.9 Å². The zero-order chi connectivity index (χ0) is 19.5. The van der Waals surface area contributed by atoms with Gasteiger partial charge in [-0.3, -0.25) is 0 Å². The number of nitriles is 1. The van der Waals surface area contributed by atoms with Crippen LogP contribution < -0.4 is 9.64 Å². The van der Waals surface area contributed by atoms with Crippen molar-refractivity contribution in [2.45, 2.75) is 26.2 Å². The average Bonchev–Trinajstić information content (AvgIpc) is 3.15. The third kappa shape index (κ3) is 3.59. The minimum Gasteiger partial charge on any atom is -0.496 e. The molecule has 28 heavy (non-hydrogen) atoms. The monoisotopic (exact) mass is 372 g/mol. The molecule has 1 aliphatic heterocycles. The highest BCUT2D eigenvalue weighted by Crippen LogP contribution is 2.30. The Morgan fingerprint density at radius 1 is 1.18 bits per heavy atom. The summed E-state index contributed by atoms with van der Waals surface area (Å²) in [5.74, 6) is 1.34. The van der Waals surface area contributed by atoms with Crippen LogP contribution >= 0.6 is 0 Å². The third-order valence-electron chi connectivity index (χ3n) is 5.25. The maximum absolute atomic E-state index is 9.72. The lowest BCUT2D eigenvalue weighted by Crippen LogP contribution is -2.29. The van der Waals surface area contributed by atoms with Crippen molar-refractivity contribution in [1.82, 2.24) is 9.97 Å². The standard InChI is InChI=1S/C23H24N4O/c1-16-6-9-20-21(12-16)26-23(25-20)18(15-24)13-17-7-8-19(14-22(17)28-2)27-10-4-3-5-11-27/h6-9,12-14H,3-5,10-11H2,1-2H3,(H,25,26). The van der Waals surface area contributed by atoms with Gasteiger partial charge in [0.1, 0.15) is 17.6 Å². The van der Waals surface area contributed by atoms with Gasteiger partial charge in [-0.05, 0) is 62.1 Å². The number of nitrogens with one attached hydrogen (secondary N) is 1. The van der Waals surface area contributed by atoms with Gasteiger partial charge in [0, 0.05) is 30.4 Å². The molecule has 1 aliphatic rings. The predicted molar refractivity (Wildman–Crippen MR) is 113 cm³/mol. The van der Waals surface area contributed by atoms with Crippen LogP contribution in [0, 0.1) is 18.3 Å². The van der Waals surface area contributed by atoms with Gasteiger partial charge in [-0.25, -0.2) is 4.98 Å². The molecule has 3 aromatic rings. The van der Waals surface area contributed by atoms with E-state index in [-0.39, 0.29) is 0 Å². The number of aromatic nitrogens is 2. The van der Waals surface area contributed by atoms with Crippen LogP contribution in [0.15, 0.2) is 36.4 Å². The number of piperidine rings is 1. The van der Waals surface area contributed by atoms with Gasteiger partial charge in [0.25, 0.3) is 0 Å². The molecule has 142 valence electrons. The number of aromatic amines is 1. The SMILES string of the molecule is COc1cc(N2CCCCC2)ccc1C=C(C#N)c1nc2ccc(C)cc2[nH]1. The molecule has 0 atom stereocenters. The summed E-state index contributed by atoms with van der Waals surface area (Å²) >= 11 is 0. The first kappa shape index (κ1) is 18.1. The molecule has 1 aromatic heterocycles. The zero-order valence-electron chi connectivity index (χ0n) is 16.3. The van der Waals surface area contributed by atoms with E-state index in [0.717, 1.165) is 41.0 Å². The Balaban J connectivity index is 1.69. The second-order valence-corrected chi connectivity index (χ2v) is 7.25. The lowest BCUT2D eigenvalue weighted by atomic mass is 10.1. The van der Waals surface area contributed by atoms with Gasteiger partial charge in [-0.1, -0.05) is 6.07 Å². The summed E-state index contributed by atoms with van der Waals surface area (Å²) in [5, 5.41) is 9.72.